The van der Waals surface area contributed by atoms with E-state index in [1.54, 1.807) is 0 Å². The third-order valence-corrected chi connectivity index (χ3v) is 2.11. The molecule has 104 valence electrons. The van der Waals surface area contributed by atoms with Gasteiger partial charge in [0, 0.05) is 0 Å². The first-order valence-electron chi connectivity index (χ1n) is 5.17. The number of ether oxygens (including phenoxy) is 1. The van der Waals surface area contributed by atoms with Crippen LogP contribution in [0.5, 0.6) is 5.75 Å². The van der Waals surface area contributed by atoms with Gasteiger partial charge in [-0.25, -0.2) is 13.8 Å². The molecule has 0 radical (unpaired) electrons. The quantitative estimate of drug-likeness (QED) is 0.499. The Balaban J connectivity index is 3.21. The number of halogens is 2. The largest absolute Gasteiger partial charge is 0.506 e. The van der Waals surface area contributed by atoms with E-state index in [2.05, 4.69) is 9.72 Å². The van der Waals surface area contributed by atoms with Crippen molar-refractivity contribution in [2.24, 2.45) is 0 Å². The Morgan fingerprint density at radius 1 is 1.63 bits per heavy atom. The summed E-state index contributed by atoms with van der Waals surface area (Å²) in [4.78, 5) is 24.3. The fourth-order valence-corrected chi connectivity index (χ4v) is 1.34. The van der Waals surface area contributed by atoms with Crippen molar-refractivity contribution >= 4 is 11.7 Å². The molecule has 1 N–H and O–H groups in total. The van der Waals surface area contributed by atoms with E-state index in [0.29, 0.717) is 6.07 Å². The number of pyridine rings is 1. The highest BCUT2D eigenvalue weighted by atomic mass is 19.3. The first kappa shape index (κ1) is 14.7. The second kappa shape index (κ2) is 6.03. The highest BCUT2D eigenvalue weighted by Gasteiger charge is 2.25. The topological polar surface area (TPSA) is 103 Å². The second-order valence-corrected chi connectivity index (χ2v) is 3.40. The lowest BCUT2D eigenvalue weighted by Gasteiger charge is -2.07. The number of esters is 1. The highest BCUT2D eigenvalue weighted by molar-refractivity contribution is 5.73. The van der Waals surface area contributed by atoms with Crippen molar-refractivity contribution in [3.05, 3.63) is 27.6 Å². The van der Waals surface area contributed by atoms with Crippen LogP contribution in [-0.2, 0) is 16.0 Å². The van der Waals surface area contributed by atoms with Crippen molar-refractivity contribution in [2.45, 2.75) is 19.8 Å². The maximum absolute atomic E-state index is 12.5. The Hall–Kier alpha value is -2.32. The van der Waals surface area contributed by atoms with E-state index in [1.807, 2.05) is 0 Å². The van der Waals surface area contributed by atoms with E-state index in [0.717, 1.165) is 0 Å². The average Bonchev–Trinajstić information content (AvgIpc) is 2.30. The van der Waals surface area contributed by atoms with Crippen LogP contribution in [0.3, 0.4) is 0 Å². The minimum atomic E-state index is -3.11. The monoisotopic (exact) mass is 276 g/mol. The summed E-state index contributed by atoms with van der Waals surface area (Å²) < 4.78 is 29.6. The van der Waals surface area contributed by atoms with E-state index < -0.39 is 46.6 Å². The lowest BCUT2D eigenvalue weighted by Crippen LogP contribution is -2.12. The number of hydrogen-bond acceptors (Lipinski definition) is 6. The Bertz CT molecular complexity index is 507. The fraction of sp³-hybridized carbons (Fsp3) is 0.400. The zero-order valence-electron chi connectivity index (χ0n) is 9.80. The van der Waals surface area contributed by atoms with Crippen LogP contribution in [0, 0.1) is 10.1 Å². The summed E-state index contributed by atoms with van der Waals surface area (Å²) in [5.74, 6) is -1.82. The average molecular weight is 276 g/mol. The molecule has 0 saturated heterocycles. The van der Waals surface area contributed by atoms with Gasteiger partial charge < -0.3 is 9.84 Å². The normalized spacial score (nSPS) is 10.5. The summed E-state index contributed by atoms with van der Waals surface area (Å²) in [6.07, 6.45) is -3.73. The van der Waals surface area contributed by atoms with Gasteiger partial charge in [0.05, 0.1) is 24.0 Å². The Morgan fingerprint density at radius 3 is 2.74 bits per heavy atom. The number of carbonyl (C=O) groups excluding carboxylic acids is 1. The third kappa shape index (κ3) is 3.57. The number of nitro groups is 1. The van der Waals surface area contributed by atoms with E-state index in [1.165, 1.54) is 6.92 Å². The van der Waals surface area contributed by atoms with Crippen molar-refractivity contribution in [1.82, 2.24) is 4.98 Å². The third-order valence-electron chi connectivity index (χ3n) is 2.11. The molecule has 1 aromatic rings. The number of alkyl halides is 2. The molecule has 0 amide bonds. The molecule has 0 aliphatic heterocycles. The second-order valence-electron chi connectivity index (χ2n) is 3.40. The van der Waals surface area contributed by atoms with Crippen LogP contribution >= 0.6 is 0 Å². The molecule has 0 aliphatic carbocycles. The Morgan fingerprint density at radius 2 is 2.26 bits per heavy atom. The van der Waals surface area contributed by atoms with Crippen LogP contribution in [0.25, 0.3) is 0 Å². The molecule has 0 saturated carbocycles. The van der Waals surface area contributed by atoms with Crippen molar-refractivity contribution in [3.8, 4) is 5.75 Å². The van der Waals surface area contributed by atoms with Gasteiger partial charge in [-0.15, -0.1) is 0 Å². The molecule has 0 bridgehead atoms. The summed E-state index contributed by atoms with van der Waals surface area (Å²) in [6, 6.07) is 0.545. The molecule has 0 aromatic carbocycles. The number of aromatic hydroxyl groups is 1. The van der Waals surface area contributed by atoms with E-state index in [9.17, 15) is 28.8 Å². The van der Waals surface area contributed by atoms with Crippen LogP contribution < -0.4 is 0 Å². The molecule has 7 nitrogen and oxygen atoms in total. The van der Waals surface area contributed by atoms with Crippen LogP contribution in [-0.4, -0.2) is 27.6 Å². The van der Waals surface area contributed by atoms with Gasteiger partial charge in [0.25, 0.3) is 12.1 Å². The molecule has 0 atom stereocenters. The summed E-state index contributed by atoms with van der Waals surface area (Å²) in [5.41, 5.74) is -2.20. The number of nitrogens with zero attached hydrogens (tertiary/aromatic N) is 2. The zero-order chi connectivity index (χ0) is 14.6. The van der Waals surface area contributed by atoms with E-state index >= 15 is 0 Å². The predicted octanol–water partition coefficient (Wildman–Crippen LogP) is 1.74. The Kier molecular flexibility index (Phi) is 4.67. The van der Waals surface area contributed by atoms with Crippen molar-refractivity contribution in [1.29, 1.82) is 0 Å². The number of aromatic nitrogens is 1. The van der Waals surface area contributed by atoms with Gasteiger partial charge >= 0.3 is 5.97 Å². The number of rotatable bonds is 5. The predicted molar refractivity (Wildman–Crippen MR) is 57.9 cm³/mol. The molecular formula is C10H10F2N2O5. The van der Waals surface area contributed by atoms with Crippen molar-refractivity contribution < 1.29 is 28.3 Å². The Labute approximate surface area is 106 Å². The number of carbonyl (C=O) groups is 1. The first-order valence-corrected chi connectivity index (χ1v) is 5.17. The van der Waals surface area contributed by atoms with Crippen LogP contribution in [0.1, 0.15) is 24.7 Å². The molecule has 1 rings (SSSR count). The summed E-state index contributed by atoms with van der Waals surface area (Å²) in [6.45, 7) is 1.58. The lowest BCUT2D eigenvalue weighted by atomic mass is 10.2. The van der Waals surface area contributed by atoms with Crippen molar-refractivity contribution in [3.63, 3.8) is 0 Å². The molecule has 19 heavy (non-hydrogen) atoms. The minimum Gasteiger partial charge on any atom is -0.506 e. The SMILES string of the molecule is CCOC(=O)Cc1nc(C(F)F)c(O)cc1[N+](=O)[O-]. The lowest BCUT2D eigenvalue weighted by molar-refractivity contribution is -0.386. The van der Waals surface area contributed by atoms with Gasteiger partial charge in [0.2, 0.25) is 0 Å². The van der Waals surface area contributed by atoms with E-state index in [4.69, 9.17) is 0 Å². The molecule has 0 unspecified atom stereocenters. The molecule has 0 spiro atoms. The minimum absolute atomic E-state index is 0.0480. The highest BCUT2D eigenvalue weighted by Crippen LogP contribution is 2.31. The van der Waals surface area contributed by atoms with Crippen molar-refractivity contribution in [2.75, 3.05) is 6.61 Å². The van der Waals surface area contributed by atoms with Crippen LogP contribution in [0.2, 0.25) is 0 Å². The van der Waals surface area contributed by atoms with Crippen LogP contribution in [0.15, 0.2) is 6.07 Å². The molecule has 1 aromatic heterocycles. The van der Waals surface area contributed by atoms with E-state index in [-0.39, 0.29) is 6.61 Å². The maximum Gasteiger partial charge on any atom is 0.312 e. The van der Waals surface area contributed by atoms with Gasteiger partial charge in [-0.1, -0.05) is 0 Å². The maximum atomic E-state index is 12.5. The van der Waals surface area contributed by atoms with Gasteiger partial charge in [-0.2, -0.15) is 0 Å². The van der Waals surface area contributed by atoms with Gasteiger partial charge in [0.15, 0.2) is 0 Å². The smallest absolute Gasteiger partial charge is 0.312 e. The molecule has 0 aliphatic rings. The zero-order valence-corrected chi connectivity index (χ0v) is 9.80. The summed E-state index contributed by atoms with van der Waals surface area (Å²) in [5, 5.41) is 19.9. The van der Waals surface area contributed by atoms with Gasteiger partial charge in [0.1, 0.15) is 17.1 Å². The summed E-state index contributed by atoms with van der Waals surface area (Å²) in [7, 11) is 0. The first-order chi connectivity index (χ1) is 8.86. The molecule has 0 fully saturated rings. The van der Waals surface area contributed by atoms with Gasteiger partial charge in [-0.3, -0.25) is 14.9 Å². The standard InChI is InChI=1S/C10H10F2N2O5/c1-2-19-8(16)3-5-6(14(17)18)4-7(15)9(13-5)10(11)12/h4,10,15H,2-3H2,1H3. The summed E-state index contributed by atoms with van der Waals surface area (Å²) >= 11 is 0. The van der Waals surface area contributed by atoms with Gasteiger partial charge in [-0.05, 0) is 6.92 Å². The molecule has 1 heterocycles. The van der Waals surface area contributed by atoms with Crippen LogP contribution in [0.4, 0.5) is 14.5 Å². The molecular weight excluding hydrogens is 266 g/mol. The molecule has 9 heteroatoms. The fourth-order valence-electron chi connectivity index (χ4n) is 1.34. The number of hydrogen-bond donors (Lipinski definition) is 1.